The van der Waals surface area contributed by atoms with Crippen LogP contribution in [0.3, 0.4) is 0 Å². The second-order valence-corrected chi connectivity index (χ2v) is 4.82. The van der Waals surface area contributed by atoms with Crippen LogP contribution >= 0.6 is 0 Å². The highest BCUT2D eigenvalue weighted by Crippen LogP contribution is 2.17. The quantitative estimate of drug-likeness (QED) is 0.679. The number of ether oxygens (including phenoxy) is 1. The number of carbonyl (C=O) groups is 1. The number of aryl methyl sites for hydroxylation is 1. The van der Waals surface area contributed by atoms with Gasteiger partial charge < -0.3 is 9.30 Å². The van der Waals surface area contributed by atoms with E-state index in [1.54, 1.807) is 6.92 Å². The lowest BCUT2D eigenvalue weighted by Crippen LogP contribution is -2.18. The average molecular weight is 267 g/mol. The lowest BCUT2D eigenvalue weighted by atomic mass is 9.99. The highest BCUT2D eigenvalue weighted by atomic mass is 16.5. The third kappa shape index (κ3) is 4.33. The molecule has 0 aliphatic carbocycles. The molecule has 0 amide bonds. The van der Waals surface area contributed by atoms with Gasteiger partial charge in [0.05, 0.1) is 6.61 Å². The normalized spacial score (nSPS) is 12.4. The lowest BCUT2D eigenvalue weighted by molar-refractivity contribution is 0.0504. The first-order chi connectivity index (χ1) is 9.13. The minimum absolute atomic E-state index is 0.328. The Morgan fingerprint density at radius 3 is 2.63 bits per heavy atom. The molecule has 1 aromatic rings. The summed E-state index contributed by atoms with van der Waals surface area (Å²) in [6.07, 6.45) is 4.68. The van der Waals surface area contributed by atoms with Crippen molar-refractivity contribution in [3.8, 4) is 0 Å². The van der Waals surface area contributed by atoms with Gasteiger partial charge in [0.1, 0.15) is 5.82 Å². The molecule has 108 valence electrons. The molecule has 1 rings (SSSR count). The summed E-state index contributed by atoms with van der Waals surface area (Å²) in [5.41, 5.74) is 0. The van der Waals surface area contributed by atoms with Gasteiger partial charge in [0, 0.05) is 6.54 Å². The molecule has 0 N–H and O–H groups in total. The Hall–Kier alpha value is -1.39. The maximum atomic E-state index is 11.8. The predicted molar refractivity (Wildman–Crippen MR) is 74.0 cm³/mol. The number of unbranched alkanes of at least 4 members (excludes halogenated alkanes) is 1. The fourth-order valence-corrected chi connectivity index (χ4v) is 2.12. The van der Waals surface area contributed by atoms with Gasteiger partial charge >= 0.3 is 5.97 Å². The van der Waals surface area contributed by atoms with E-state index >= 15 is 0 Å². The summed E-state index contributed by atoms with van der Waals surface area (Å²) in [6.45, 7) is 9.20. The van der Waals surface area contributed by atoms with Gasteiger partial charge in [0.25, 0.3) is 0 Å². The fourth-order valence-electron chi connectivity index (χ4n) is 2.12. The molecular weight excluding hydrogens is 242 g/mol. The van der Waals surface area contributed by atoms with Crippen LogP contribution in [-0.4, -0.2) is 27.3 Å². The van der Waals surface area contributed by atoms with Crippen molar-refractivity contribution in [3.05, 3.63) is 11.6 Å². The maximum Gasteiger partial charge on any atom is 0.376 e. The van der Waals surface area contributed by atoms with E-state index in [1.807, 2.05) is 11.5 Å². The molecule has 0 aliphatic heterocycles. The first kappa shape index (κ1) is 15.7. The monoisotopic (exact) mass is 267 g/mol. The molecule has 5 nitrogen and oxygen atoms in total. The van der Waals surface area contributed by atoms with Gasteiger partial charge in [-0.2, -0.15) is 0 Å². The SMILES string of the molecule is CCCCC(CC)Cn1c(C)nnc1C(=O)OCC. The molecule has 5 heteroatoms. The molecule has 1 heterocycles. The van der Waals surface area contributed by atoms with Gasteiger partial charge in [-0.1, -0.05) is 33.1 Å². The van der Waals surface area contributed by atoms with Crippen molar-refractivity contribution >= 4 is 5.97 Å². The molecule has 0 saturated carbocycles. The predicted octanol–water partition coefficient (Wildman–Crippen LogP) is 2.98. The number of esters is 1. The Bertz CT molecular complexity index is 401. The van der Waals surface area contributed by atoms with Crippen LogP contribution in [0.25, 0.3) is 0 Å². The molecular formula is C14H25N3O2. The Morgan fingerprint density at radius 2 is 2.05 bits per heavy atom. The second-order valence-electron chi connectivity index (χ2n) is 4.82. The van der Waals surface area contributed by atoms with Crippen molar-refractivity contribution in [3.63, 3.8) is 0 Å². The van der Waals surface area contributed by atoms with Crippen molar-refractivity contribution in [1.82, 2.24) is 14.8 Å². The number of nitrogens with zero attached hydrogens (tertiary/aromatic N) is 3. The van der Waals surface area contributed by atoms with Crippen molar-refractivity contribution in [2.24, 2.45) is 5.92 Å². The van der Waals surface area contributed by atoms with Crippen molar-refractivity contribution in [1.29, 1.82) is 0 Å². The molecule has 0 spiro atoms. The number of carbonyl (C=O) groups excluding carboxylic acids is 1. The number of hydrogen-bond acceptors (Lipinski definition) is 4. The summed E-state index contributed by atoms with van der Waals surface area (Å²) in [7, 11) is 0. The maximum absolute atomic E-state index is 11.8. The van der Waals surface area contributed by atoms with E-state index in [2.05, 4.69) is 24.0 Å². The first-order valence-corrected chi connectivity index (χ1v) is 7.20. The largest absolute Gasteiger partial charge is 0.460 e. The van der Waals surface area contributed by atoms with E-state index in [4.69, 9.17) is 4.74 Å². The van der Waals surface area contributed by atoms with Crippen LogP contribution in [0.5, 0.6) is 0 Å². The lowest BCUT2D eigenvalue weighted by Gasteiger charge is -2.17. The Labute approximate surface area is 115 Å². The summed E-state index contributed by atoms with van der Waals surface area (Å²) in [6, 6.07) is 0. The molecule has 0 fully saturated rings. The highest BCUT2D eigenvalue weighted by molar-refractivity contribution is 5.85. The van der Waals surface area contributed by atoms with Crippen molar-refractivity contribution in [2.45, 2.75) is 59.9 Å². The fraction of sp³-hybridized carbons (Fsp3) is 0.786. The molecule has 19 heavy (non-hydrogen) atoms. The summed E-state index contributed by atoms with van der Waals surface area (Å²) in [5, 5.41) is 7.94. The van der Waals surface area contributed by atoms with E-state index in [0.29, 0.717) is 18.3 Å². The first-order valence-electron chi connectivity index (χ1n) is 7.20. The number of rotatable bonds is 8. The van der Waals surface area contributed by atoms with Gasteiger partial charge in [-0.05, 0) is 26.2 Å². The second kappa shape index (κ2) is 7.92. The van der Waals surface area contributed by atoms with Crippen LogP contribution in [0.1, 0.15) is 62.9 Å². The van der Waals surface area contributed by atoms with Gasteiger partial charge in [-0.3, -0.25) is 0 Å². The van der Waals surface area contributed by atoms with Gasteiger partial charge in [0.2, 0.25) is 5.82 Å². The van der Waals surface area contributed by atoms with Crippen LogP contribution in [-0.2, 0) is 11.3 Å². The molecule has 1 atom stereocenters. The van der Waals surface area contributed by atoms with Crippen LogP contribution < -0.4 is 0 Å². The standard InChI is InChI=1S/C14H25N3O2/c1-5-8-9-12(6-2)10-17-11(4)15-16-13(17)14(18)19-7-3/h12H,5-10H2,1-4H3. The van der Waals surface area contributed by atoms with E-state index in [-0.39, 0.29) is 5.97 Å². The average Bonchev–Trinajstić information content (AvgIpc) is 2.76. The molecule has 0 bridgehead atoms. The number of hydrogen-bond donors (Lipinski definition) is 0. The summed E-state index contributed by atoms with van der Waals surface area (Å²) >= 11 is 0. The van der Waals surface area contributed by atoms with Crippen molar-refractivity contribution in [2.75, 3.05) is 6.61 Å². The van der Waals surface area contributed by atoms with E-state index in [9.17, 15) is 4.79 Å². The Balaban J connectivity index is 2.80. The molecule has 1 unspecified atom stereocenters. The Kier molecular flexibility index (Phi) is 6.53. The van der Waals surface area contributed by atoms with Crippen LogP contribution in [0.15, 0.2) is 0 Å². The number of aromatic nitrogens is 3. The van der Waals surface area contributed by atoms with E-state index in [0.717, 1.165) is 18.8 Å². The smallest absolute Gasteiger partial charge is 0.376 e. The zero-order valence-electron chi connectivity index (χ0n) is 12.5. The zero-order valence-corrected chi connectivity index (χ0v) is 12.5. The minimum atomic E-state index is -0.381. The van der Waals surface area contributed by atoms with Crippen LogP contribution in [0.2, 0.25) is 0 Å². The third-order valence-corrected chi connectivity index (χ3v) is 3.38. The summed E-state index contributed by atoms with van der Waals surface area (Å²) in [5.74, 6) is 1.28. The van der Waals surface area contributed by atoms with Gasteiger partial charge in [0.15, 0.2) is 0 Å². The topological polar surface area (TPSA) is 57.0 Å². The van der Waals surface area contributed by atoms with Crippen molar-refractivity contribution < 1.29 is 9.53 Å². The van der Waals surface area contributed by atoms with Crippen LogP contribution in [0, 0.1) is 12.8 Å². The molecule has 1 aromatic heterocycles. The third-order valence-electron chi connectivity index (χ3n) is 3.38. The van der Waals surface area contributed by atoms with Gasteiger partial charge in [-0.15, -0.1) is 10.2 Å². The molecule has 0 radical (unpaired) electrons. The summed E-state index contributed by atoms with van der Waals surface area (Å²) in [4.78, 5) is 11.8. The van der Waals surface area contributed by atoms with Crippen LogP contribution in [0.4, 0.5) is 0 Å². The highest BCUT2D eigenvalue weighted by Gasteiger charge is 2.20. The van der Waals surface area contributed by atoms with E-state index in [1.165, 1.54) is 19.3 Å². The zero-order chi connectivity index (χ0) is 14.3. The van der Waals surface area contributed by atoms with E-state index < -0.39 is 0 Å². The molecule has 0 aliphatic rings. The Morgan fingerprint density at radius 1 is 1.32 bits per heavy atom. The summed E-state index contributed by atoms with van der Waals surface area (Å²) < 4.78 is 6.91. The molecule has 0 saturated heterocycles. The molecule has 0 aromatic carbocycles. The minimum Gasteiger partial charge on any atom is -0.460 e. The van der Waals surface area contributed by atoms with Gasteiger partial charge in [-0.25, -0.2) is 4.79 Å².